The zero-order valence-corrected chi connectivity index (χ0v) is 18.2. The first kappa shape index (κ1) is 19.6. The molecule has 4 nitrogen and oxygen atoms in total. The summed E-state index contributed by atoms with van der Waals surface area (Å²) < 4.78 is 11.6. The van der Waals surface area contributed by atoms with Crippen LogP contribution >= 0.6 is 34.8 Å². The molecule has 0 N–H and O–H groups in total. The van der Waals surface area contributed by atoms with Crippen LogP contribution in [0.4, 0.5) is 0 Å². The molecule has 7 heteroatoms. The Kier molecular flexibility index (Phi) is 5.02. The quantitative estimate of drug-likeness (QED) is 0.427. The van der Waals surface area contributed by atoms with Crippen molar-refractivity contribution in [1.82, 2.24) is 5.01 Å². The predicted octanol–water partition coefficient (Wildman–Crippen LogP) is 6.90. The van der Waals surface area contributed by atoms with Crippen molar-refractivity contribution in [2.45, 2.75) is 18.7 Å². The number of hydrogen-bond acceptors (Lipinski definition) is 4. The fourth-order valence-electron chi connectivity index (χ4n) is 3.95. The lowest BCUT2D eigenvalue weighted by Crippen LogP contribution is -2.34. The van der Waals surface area contributed by atoms with Crippen LogP contribution in [0.15, 0.2) is 65.8 Å². The Morgan fingerprint density at radius 3 is 2.47 bits per heavy atom. The van der Waals surface area contributed by atoms with E-state index in [1.165, 1.54) is 0 Å². The zero-order chi connectivity index (χ0) is 20.8. The number of methoxy groups -OCH3 is 1. The van der Waals surface area contributed by atoms with E-state index in [2.05, 4.69) is 0 Å². The highest BCUT2D eigenvalue weighted by atomic mass is 35.5. The molecule has 0 spiro atoms. The lowest BCUT2D eigenvalue weighted by molar-refractivity contribution is -0.0188. The van der Waals surface area contributed by atoms with E-state index >= 15 is 0 Å². The largest absolute Gasteiger partial charge is 0.497 e. The van der Waals surface area contributed by atoms with Gasteiger partial charge < -0.3 is 9.47 Å². The molecule has 0 saturated heterocycles. The van der Waals surface area contributed by atoms with E-state index in [9.17, 15) is 0 Å². The summed E-state index contributed by atoms with van der Waals surface area (Å²) in [5, 5.41) is 8.55. The van der Waals surface area contributed by atoms with Crippen LogP contribution in [0.2, 0.25) is 15.1 Å². The lowest BCUT2D eigenvalue weighted by Gasteiger charge is -2.38. The topological polar surface area (TPSA) is 34.1 Å². The van der Waals surface area contributed by atoms with Crippen molar-refractivity contribution in [2.24, 2.45) is 5.10 Å². The number of halogens is 3. The molecule has 0 amide bonds. The number of hydrogen-bond donors (Lipinski definition) is 0. The molecule has 0 aromatic heterocycles. The summed E-state index contributed by atoms with van der Waals surface area (Å²) in [5.74, 6) is 1.43. The lowest BCUT2D eigenvalue weighted by atomic mass is 9.96. The molecule has 2 unspecified atom stereocenters. The van der Waals surface area contributed by atoms with E-state index in [0.29, 0.717) is 27.2 Å². The van der Waals surface area contributed by atoms with Crippen LogP contribution < -0.4 is 9.47 Å². The molecule has 2 aliphatic rings. The number of ether oxygens (including phenoxy) is 2. The van der Waals surface area contributed by atoms with Gasteiger partial charge in [0.1, 0.15) is 11.5 Å². The maximum Gasteiger partial charge on any atom is 0.215 e. The van der Waals surface area contributed by atoms with Gasteiger partial charge in [-0.1, -0.05) is 53.0 Å². The van der Waals surface area contributed by atoms with Crippen molar-refractivity contribution >= 4 is 40.5 Å². The molecular weight excluding hydrogens is 443 g/mol. The minimum Gasteiger partial charge on any atom is -0.497 e. The van der Waals surface area contributed by atoms with Crippen LogP contribution in [-0.4, -0.2) is 17.8 Å². The van der Waals surface area contributed by atoms with Gasteiger partial charge in [0.15, 0.2) is 0 Å². The smallest absolute Gasteiger partial charge is 0.215 e. The summed E-state index contributed by atoms with van der Waals surface area (Å²) in [6, 6.07) is 19.0. The molecule has 3 aromatic rings. The summed E-state index contributed by atoms with van der Waals surface area (Å²) in [6.07, 6.45) is 0.200. The third-order valence-corrected chi connectivity index (χ3v) is 6.25. The molecule has 0 fully saturated rings. The first-order valence-electron chi connectivity index (χ1n) is 9.45. The first-order chi connectivity index (χ1) is 14.5. The molecule has 30 heavy (non-hydrogen) atoms. The predicted molar refractivity (Wildman–Crippen MR) is 120 cm³/mol. The summed E-state index contributed by atoms with van der Waals surface area (Å²) in [6.45, 7) is 0. The van der Waals surface area contributed by atoms with E-state index in [0.717, 1.165) is 28.2 Å². The van der Waals surface area contributed by atoms with Gasteiger partial charge in [-0.2, -0.15) is 5.10 Å². The van der Waals surface area contributed by atoms with Gasteiger partial charge in [-0.3, -0.25) is 0 Å². The molecule has 3 aromatic carbocycles. The Labute approximate surface area is 189 Å². The van der Waals surface area contributed by atoms with E-state index < -0.39 is 6.23 Å². The van der Waals surface area contributed by atoms with E-state index in [-0.39, 0.29) is 6.04 Å². The SMILES string of the molecule is COc1ccc(C2=NN3C(C2)c2cc(Cl)cc(Cl)c2OC3c2ccccc2Cl)cc1. The van der Waals surface area contributed by atoms with Gasteiger partial charge in [0, 0.05) is 27.6 Å². The molecule has 2 aliphatic heterocycles. The summed E-state index contributed by atoms with van der Waals surface area (Å²) in [7, 11) is 1.65. The minimum atomic E-state index is -0.495. The van der Waals surface area contributed by atoms with Crippen LogP contribution in [0.25, 0.3) is 0 Å². The van der Waals surface area contributed by atoms with Gasteiger partial charge in [-0.05, 0) is 48.0 Å². The van der Waals surface area contributed by atoms with Crippen molar-refractivity contribution in [3.63, 3.8) is 0 Å². The standard InChI is InChI=1S/C23H17Cl3N2O2/c1-29-15-8-6-13(7-9-15)20-12-21-17-10-14(24)11-19(26)22(17)30-23(28(21)27-20)16-4-2-3-5-18(16)25/h2-11,21,23H,12H2,1H3. The van der Waals surface area contributed by atoms with E-state index in [1.807, 2.05) is 59.6 Å². The highest BCUT2D eigenvalue weighted by molar-refractivity contribution is 6.35. The van der Waals surface area contributed by atoms with Crippen LogP contribution in [0.5, 0.6) is 11.5 Å². The van der Waals surface area contributed by atoms with Gasteiger partial charge in [-0.15, -0.1) is 0 Å². The third kappa shape index (κ3) is 3.29. The Balaban J connectivity index is 1.62. The normalized spacial score (nSPS) is 19.6. The fourth-order valence-corrected chi connectivity index (χ4v) is 4.74. The van der Waals surface area contributed by atoms with Gasteiger partial charge in [0.05, 0.1) is 23.9 Å². The van der Waals surface area contributed by atoms with Crippen LogP contribution in [-0.2, 0) is 0 Å². The van der Waals surface area contributed by atoms with Crippen molar-refractivity contribution in [1.29, 1.82) is 0 Å². The fraction of sp³-hybridized carbons (Fsp3) is 0.174. The monoisotopic (exact) mass is 458 g/mol. The number of nitrogens with zero attached hydrogens (tertiary/aromatic N) is 2. The van der Waals surface area contributed by atoms with Crippen LogP contribution in [0.1, 0.15) is 35.4 Å². The highest BCUT2D eigenvalue weighted by Gasteiger charge is 2.42. The summed E-state index contributed by atoms with van der Waals surface area (Å²) in [5.41, 5.74) is 3.73. The average Bonchev–Trinajstić information content (AvgIpc) is 3.20. The first-order valence-corrected chi connectivity index (χ1v) is 10.6. The Morgan fingerprint density at radius 1 is 0.967 bits per heavy atom. The summed E-state index contributed by atoms with van der Waals surface area (Å²) >= 11 is 19.3. The van der Waals surface area contributed by atoms with Crippen LogP contribution in [0.3, 0.4) is 0 Å². The molecule has 152 valence electrons. The van der Waals surface area contributed by atoms with Crippen LogP contribution in [0, 0.1) is 0 Å². The van der Waals surface area contributed by atoms with Crippen molar-refractivity contribution < 1.29 is 9.47 Å². The third-order valence-electron chi connectivity index (χ3n) is 5.40. The van der Waals surface area contributed by atoms with E-state index in [1.54, 1.807) is 13.2 Å². The van der Waals surface area contributed by atoms with Gasteiger partial charge >= 0.3 is 0 Å². The van der Waals surface area contributed by atoms with Crippen molar-refractivity contribution in [3.05, 3.63) is 92.4 Å². The Hall–Kier alpha value is -2.40. The second-order valence-corrected chi connectivity index (χ2v) is 8.42. The average molecular weight is 460 g/mol. The molecule has 2 heterocycles. The number of rotatable bonds is 3. The molecule has 0 bridgehead atoms. The minimum absolute atomic E-state index is 0.0664. The van der Waals surface area contributed by atoms with Gasteiger partial charge in [-0.25, -0.2) is 5.01 Å². The number of hydrazone groups is 1. The van der Waals surface area contributed by atoms with Crippen molar-refractivity contribution in [2.75, 3.05) is 7.11 Å². The summed E-state index contributed by atoms with van der Waals surface area (Å²) in [4.78, 5) is 0. The maximum atomic E-state index is 6.50. The number of fused-ring (bicyclic) bond motifs is 3. The van der Waals surface area contributed by atoms with Crippen molar-refractivity contribution in [3.8, 4) is 11.5 Å². The second-order valence-electron chi connectivity index (χ2n) is 7.17. The second kappa shape index (κ2) is 7.69. The maximum absolute atomic E-state index is 6.50. The molecular formula is C23H17Cl3N2O2. The molecule has 0 aliphatic carbocycles. The number of benzene rings is 3. The Morgan fingerprint density at radius 2 is 1.73 bits per heavy atom. The van der Waals surface area contributed by atoms with Gasteiger partial charge in [0.2, 0.25) is 6.23 Å². The van der Waals surface area contributed by atoms with Gasteiger partial charge in [0.25, 0.3) is 0 Å². The highest BCUT2D eigenvalue weighted by Crippen LogP contribution is 2.51. The molecule has 0 saturated carbocycles. The molecule has 0 radical (unpaired) electrons. The Bertz CT molecular complexity index is 1150. The molecule has 5 rings (SSSR count). The van der Waals surface area contributed by atoms with E-state index in [4.69, 9.17) is 49.4 Å². The zero-order valence-electron chi connectivity index (χ0n) is 16.0. The molecule has 2 atom stereocenters.